The lowest BCUT2D eigenvalue weighted by Gasteiger charge is -2.01. The molecule has 2 rings (SSSR count). The summed E-state index contributed by atoms with van der Waals surface area (Å²) in [5.74, 6) is -0.584. The Kier molecular flexibility index (Phi) is 2.90. The fourth-order valence-corrected chi connectivity index (χ4v) is 1.68. The quantitative estimate of drug-likeness (QED) is 0.199. The van der Waals surface area contributed by atoms with Crippen molar-refractivity contribution in [1.29, 1.82) is 0 Å². The van der Waals surface area contributed by atoms with Gasteiger partial charge in [-0.1, -0.05) is 42.5 Å². The fourth-order valence-electron chi connectivity index (χ4n) is 1.68. The van der Waals surface area contributed by atoms with Gasteiger partial charge in [-0.2, -0.15) is 4.79 Å². The lowest BCUT2D eigenvalue weighted by atomic mass is 9.99. The maximum atomic E-state index is 11.9. The highest BCUT2D eigenvalue weighted by Gasteiger charge is 2.22. The van der Waals surface area contributed by atoms with E-state index in [0.29, 0.717) is 5.56 Å². The number of hydrogen-bond acceptors (Lipinski definition) is 2. The Morgan fingerprint density at radius 3 is 2.53 bits per heavy atom. The number of carbonyl (C=O) groups is 2. The van der Waals surface area contributed by atoms with Crippen molar-refractivity contribution in [2.75, 3.05) is 0 Å². The first-order valence-electron chi connectivity index (χ1n) is 4.97. The second-order valence-electron chi connectivity index (χ2n) is 3.46. The summed E-state index contributed by atoms with van der Waals surface area (Å²) in [5, 5.41) is 1.62. The summed E-state index contributed by atoms with van der Waals surface area (Å²) in [6.45, 7) is 0. The molecule has 0 amide bonds. The Hall–Kier alpha value is -2.58. The Labute approximate surface area is 97.1 Å². The number of rotatable bonds is 3. The van der Waals surface area contributed by atoms with Gasteiger partial charge in [0.15, 0.2) is 0 Å². The van der Waals surface area contributed by atoms with Gasteiger partial charge in [0.2, 0.25) is 6.29 Å². The predicted molar refractivity (Wildman–Crippen MR) is 63.0 cm³/mol. The van der Waals surface area contributed by atoms with E-state index >= 15 is 0 Å². The highest BCUT2D eigenvalue weighted by molar-refractivity contribution is 6.62. The van der Waals surface area contributed by atoms with E-state index in [1.165, 1.54) is 0 Å². The smallest absolute Gasteiger partial charge is 0.360 e. The first kappa shape index (κ1) is 10.9. The van der Waals surface area contributed by atoms with E-state index in [2.05, 4.69) is 4.79 Å². The van der Waals surface area contributed by atoms with Crippen LogP contribution in [0.3, 0.4) is 0 Å². The molecular weight excluding hydrogens is 216 g/mol. The molecule has 0 aromatic heterocycles. The van der Waals surface area contributed by atoms with Gasteiger partial charge in [-0.3, -0.25) is 9.59 Å². The number of hydrogen-bond donors (Lipinski definition) is 0. The minimum Gasteiger partial charge on any atom is -0.360 e. The molecule has 0 saturated heterocycles. The molecule has 0 heterocycles. The van der Waals surface area contributed by atoms with E-state index in [1.807, 2.05) is 18.2 Å². The first-order valence-corrected chi connectivity index (χ1v) is 4.97. The van der Waals surface area contributed by atoms with Gasteiger partial charge >= 0.3 is 5.71 Å². The van der Waals surface area contributed by atoms with Gasteiger partial charge in [-0.05, 0) is 10.8 Å². The molecule has 0 fully saturated rings. The molecule has 0 bridgehead atoms. The summed E-state index contributed by atoms with van der Waals surface area (Å²) in [6, 6.07) is 12.5. The standard InChI is InChI=1S/C13H8N2O2/c14-15-12(8-16)13(17)11-7-3-5-9-4-1-2-6-10(9)11/h1-8H. The summed E-state index contributed by atoms with van der Waals surface area (Å²) in [4.78, 5) is 25.2. The van der Waals surface area contributed by atoms with Gasteiger partial charge in [0.1, 0.15) is 0 Å². The summed E-state index contributed by atoms with van der Waals surface area (Å²) >= 11 is 0. The molecule has 2 aromatic carbocycles. The zero-order valence-corrected chi connectivity index (χ0v) is 8.83. The molecule has 82 valence electrons. The number of ketones is 1. The Balaban J connectivity index is 2.68. The lowest BCUT2D eigenvalue weighted by Crippen LogP contribution is -2.17. The number of benzene rings is 2. The Morgan fingerprint density at radius 1 is 1.12 bits per heavy atom. The van der Waals surface area contributed by atoms with Crippen LogP contribution >= 0.6 is 0 Å². The van der Waals surface area contributed by atoms with Gasteiger partial charge in [-0.25, -0.2) is 0 Å². The molecule has 0 aliphatic rings. The number of nitrogens with zero attached hydrogens (tertiary/aromatic N) is 2. The fraction of sp³-hybridized carbons (Fsp3) is 0. The van der Waals surface area contributed by atoms with Gasteiger partial charge in [0.25, 0.3) is 5.78 Å². The number of aldehydes is 1. The van der Waals surface area contributed by atoms with E-state index in [4.69, 9.17) is 5.53 Å². The third-order valence-corrected chi connectivity index (χ3v) is 2.49. The molecule has 4 heteroatoms. The van der Waals surface area contributed by atoms with Crippen LogP contribution in [0.4, 0.5) is 0 Å². The third-order valence-electron chi connectivity index (χ3n) is 2.49. The number of Topliss-reactive ketones (excluding diaryl/α,β-unsaturated/α-hetero) is 1. The molecule has 2 aromatic rings. The SMILES string of the molecule is [N-]=[N+]=C(C=O)C(=O)c1cccc2ccccc12. The molecular formula is C13H8N2O2. The van der Waals surface area contributed by atoms with Crippen LogP contribution in [-0.4, -0.2) is 22.6 Å². The predicted octanol–water partition coefficient (Wildman–Crippen LogP) is 1.89. The molecule has 0 saturated carbocycles. The second kappa shape index (κ2) is 4.51. The lowest BCUT2D eigenvalue weighted by molar-refractivity contribution is -0.106. The van der Waals surface area contributed by atoms with E-state index in [-0.39, 0.29) is 6.29 Å². The van der Waals surface area contributed by atoms with Crippen molar-refractivity contribution in [3.05, 3.63) is 53.6 Å². The summed E-state index contributed by atoms with van der Waals surface area (Å²) in [6.07, 6.45) is 0.240. The van der Waals surface area contributed by atoms with Crippen LogP contribution in [0.1, 0.15) is 10.4 Å². The van der Waals surface area contributed by atoms with Crippen molar-refractivity contribution in [2.45, 2.75) is 0 Å². The molecule has 17 heavy (non-hydrogen) atoms. The first-order chi connectivity index (χ1) is 8.27. The molecule has 0 aliphatic carbocycles. The average Bonchev–Trinajstić information content (AvgIpc) is 2.39. The molecule has 0 spiro atoms. The van der Waals surface area contributed by atoms with Gasteiger partial charge in [0.05, 0.1) is 0 Å². The van der Waals surface area contributed by atoms with Crippen molar-refractivity contribution in [3.63, 3.8) is 0 Å². The molecule has 0 N–H and O–H groups in total. The molecule has 0 aliphatic heterocycles. The van der Waals surface area contributed by atoms with Gasteiger partial charge in [-0.15, -0.1) is 0 Å². The van der Waals surface area contributed by atoms with Crippen LogP contribution in [0, 0.1) is 0 Å². The average molecular weight is 224 g/mol. The van der Waals surface area contributed by atoms with Crippen LogP contribution in [0.25, 0.3) is 16.3 Å². The largest absolute Gasteiger partial charge is 0.401 e. The second-order valence-corrected chi connectivity index (χ2v) is 3.46. The van der Waals surface area contributed by atoms with Crippen molar-refractivity contribution >= 4 is 28.6 Å². The van der Waals surface area contributed by atoms with Crippen molar-refractivity contribution in [3.8, 4) is 0 Å². The maximum absolute atomic E-state index is 11.9. The third kappa shape index (κ3) is 1.89. The van der Waals surface area contributed by atoms with Crippen molar-refractivity contribution in [2.24, 2.45) is 0 Å². The molecule has 0 atom stereocenters. The van der Waals surface area contributed by atoms with Crippen LogP contribution in [0.15, 0.2) is 42.5 Å². The number of carbonyl (C=O) groups excluding carboxylic acids is 2. The Morgan fingerprint density at radius 2 is 1.82 bits per heavy atom. The topological polar surface area (TPSA) is 70.5 Å². The summed E-state index contributed by atoms with van der Waals surface area (Å²) < 4.78 is 0. The summed E-state index contributed by atoms with van der Waals surface area (Å²) in [5.41, 5.74) is 8.42. The molecule has 0 unspecified atom stereocenters. The minimum atomic E-state index is -0.584. The van der Waals surface area contributed by atoms with E-state index in [9.17, 15) is 9.59 Å². The van der Waals surface area contributed by atoms with E-state index < -0.39 is 11.5 Å². The molecule has 4 nitrogen and oxygen atoms in total. The van der Waals surface area contributed by atoms with Crippen molar-refractivity contribution < 1.29 is 14.4 Å². The zero-order chi connectivity index (χ0) is 12.3. The normalized spacial score (nSPS) is 9.65. The highest BCUT2D eigenvalue weighted by atomic mass is 16.1. The summed E-state index contributed by atoms with van der Waals surface area (Å²) in [7, 11) is 0. The van der Waals surface area contributed by atoms with Crippen LogP contribution in [0.2, 0.25) is 0 Å². The Bertz CT molecular complexity index is 650. The molecule has 0 radical (unpaired) electrons. The minimum absolute atomic E-state index is 0.240. The number of fused-ring (bicyclic) bond motifs is 1. The zero-order valence-electron chi connectivity index (χ0n) is 8.83. The van der Waals surface area contributed by atoms with Gasteiger partial charge in [0, 0.05) is 5.56 Å². The van der Waals surface area contributed by atoms with E-state index in [0.717, 1.165) is 10.8 Å². The van der Waals surface area contributed by atoms with Crippen LogP contribution in [-0.2, 0) is 4.79 Å². The highest BCUT2D eigenvalue weighted by Crippen LogP contribution is 2.18. The van der Waals surface area contributed by atoms with Crippen LogP contribution < -0.4 is 0 Å². The maximum Gasteiger partial charge on any atom is 0.401 e. The van der Waals surface area contributed by atoms with Crippen LogP contribution in [0.5, 0.6) is 0 Å². The monoisotopic (exact) mass is 224 g/mol. The van der Waals surface area contributed by atoms with E-state index in [1.54, 1.807) is 24.3 Å². The van der Waals surface area contributed by atoms with Gasteiger partial charge < -0.3 is 5.53 Å². The van der Waals surface area contributed by atoms with Crippen molar-refractivity contribution in [1.82, 2.24) is 0 Å².